The molecule has 0 aliphatic heterocycles. The molecule has 1 rings (SSSR count). The first-order valence-electron chi connectivity index (χ1n) is 4.12. The van der Waals surface area contributed by atoms with E-state index >= 15 is 0 Å². The fourth-order valence-electron chi connectivity index (χ4n) is 1.13. The van der Waals surface area contributed by atoms with Crippen LogP contribution in [-0.2, 0) is 5.41 Å². The van der Waals surface area contributed by atoms with E-state index in [2.05, 4.69) is 0 Å². The number of benzene rings is 1. The Morgan fingerprint density at radius 3 is 2.00 bits per heavy atom. The molecule has 1 aromatic rings. The van der Waals surface area contributed by atoms with Crippen LogP contribution in [0.5, 0.6) is 5.75 Å². The first-order chi connectivity index (χ1) is 6.25. The van der Waals surface area contributed by atoms with Gasteiger partial charge in [0.1, 0.15) is 5.02 Å². The molecule has 14 heavy (non-hydrogen) atoms. The predicted octanol–water partition coefficient (Wildman–Crippen LogP) is 4.65. The highest BCUT2D eigenvalue weighted by molar-refractivity contribution is 6.45. The van der Waals surface area contributed by atoms with E-state index in [1.54, 1.807) is 6.07 Å². The third kappa shape index (κ3) is 2.10. The van der Waals surface area contributed by atoms with Crippen LogP contribution in [0.2, 0.25) is 15.1 Å². The van der Waals surface area contributed by atoms with Crippen molar-refractivity contribution in [1.29, 1.82) is 0 Å². The van der Waals surface area contributed by atoms with Crippen molar-refractivity contribution < 1.29 is 5.11 Å². The molecule has 0 saturated carbocycles. The summed E-state index contributed by atoms with van der Waals surface area (Å²) in [5.74, 6) is -0.161. The van der Waals surface area contributed by atoms with Gasteiger partial charge in [0.25, 0.3) is 0 Å². The van der Waals surface area contributed by atoms with E-state index in [1.807, 2.05) is 20.8 Å². The van der Waals surface area contributed by atoms with Crippen molar-refractivity contribution in [3.05, 3.63) is 26.7 Å². The summed E-state index contributed by atoms with van der Waals surface area (Å²) >= 11 is 17.6. The molecule has 0 radical (unpaired) electrons. The van der Waals surface area contributed by atoms with Gasteiger partial charge in [0.05, 0.1) is 10.0 Å². The van der Waals surface area contributed by atoms with Gasteiger partial charge in [-0.15, -0.1) is 0 Å². The van der Waals surface area contributed by atoms with E-state index in [0.29, 0.717) is 5.02 Å². The summed E-state index contributed by atoms with van der Waals surface area (Å²) in [6, 6.07) is 1.64. The van der Waals surface area contributed by atoms with Gasteiger partial charge in [0, 0.05) is 0 Å². The summed E-state index contributed by atoms with van der Waals surface area (Å²) in [6.07, 6.45) is 0. The van der Waals surface area contributed by atoms with Crippen LogP contribution in [-0.4, -0.2) is 5.11 Å². The van der Waals surface area contributed by atoms with Gasteiger partial charge in [-0.1, -0.05) is 55.6 Å². The third-order valence-corrected chi connectivity index (χ3v) is 3.09. The molecule has 0 atom stereocenters. The number of halogens is 3. The van der Waals surface area contributed by atoms with Crippen LogP contribution in [0.15, 0.2) is 6.07 Å². The zero-order valence-electron chi connectivity index (χ0n) is 8.16. The molecule has 0 aliphatic carbocycles. The third-order valence-electron chi connectivity index (χ3n) is 1.94. The summed E-state index contributed by atoms with van der Waals surface area (Å²) < 4.78 is 0. The highest BCUT2D eigenvalue weighted by Crippen LogP contribution is 2.43. The van der Waals surface area contributed by atoms with E-state index < -0.39 is 0 Å². The monoisotopic (exact) mass is 252 g/mol. The molecule has 1 nitrogen and oxygen atoms in total. The van der Waals surface area contributed by atoms with Crippen LogP contribution in [0, 0.1) is 0 Å². The summed E-state index contributed by atoms with van der Waals surface area (Å²) in [7, 11) is 0. The van der Waals surface area contributed by atoms with E-state index in [4.69, 9.17) is 34.8 Å². The van der Waals surface area contributed by atoms with Gasteiger partial charge in [0.2, 0.25) is 0 Å². The molecule has 0 amide bonds. The Morgan fingerprint density at radius 1 is 1.07 bits per heavy atom. The van der Waals surface area contributed by atoms with Crippen LogP contribution in [0.25, 0.3) is 0 Å². The lowest BCUT2D eigenvalue weighted by molar-refractivity contribution is 0.474. The van der Waals surface area contributed by atoms with E-state index in [1.165, 1.54) is 0 Å². The second kappa shape index (κ2) is 3.80. The van der Waals surface area contributed by atoms with Crippen LogP contribution < -0.4 is 0 Å². The highest BCUT2D eigenvalue weighted by atomic mass is 35.5. The molecule has 0 saturated heterocycles. The molecular weight excluding hydrogens is 242 g/mol. The van der Waals surface area contributed by atoms with E-state index in [0.717, 1.165) is 5.56 Å². The number of hydrogen-bond donors (Lipinski definition) is 1. The number of rotatable bonds is 0. The first kappa shape index (κ1) is 12.0. The van der Waals surface area contributed by atoms with Gasteiger partial charge >= 0.3 is 0 Å². The Balaban J connectivity index is 3.49. The second-order valence-corrected chi connectivity index (χ2v) is 5.30. The van der Waals surface area contributed by atoms with Gasteiger partial charge in [0.15, 0.2) is 5.75 Å². The zero-order chi connectivity index (χ0) is 11.1. The van der Waals surface area contributed by atoms with Crippen molar-refractivity contribution in [1.82, 2.24) is 0 Å². The number of aromatic hydroxyl groups is 1. The molecule has 0 aliphatic rings. The maximum atomic E-state index is 9.43. The highest BCUT2D eigenvalue weighted by Gasteiger charge is 2.22. The lowest BCUT2D eigenvalue weighted by atomic mass is 9.87. The summed E-state index contributed by atoms with van der Waals surface area (Å²) in [5.41, 5.74) is 0.671. The van der Waals surface area contributed by atoms with Crippen molar-refractivity contribution in [3.63, 3.8) is 0 Å². The minimum Gasteiger partial charge on any atom is -0.505 e. The maximum Gasteiger partial charge on any atom is 0.154 e. The molecule has 0 fully saturated rings. The van der Waals surface area contributed by atoms with Crippen LogP contribution in [0.4, 0.5) is 0 Å². The van der Waals surface area contributed by atoms with Gasteiger partial charge < -0.3 is 5.11 Å². The lowest BCUT2D eigenvalue weighted by Crippen LogP contribution is -2.12. The van der Waals surface area contributed by atoms with Crippen molar-refractivity contribution >= 4 is 34.8 Å². The molecule has 1 N–H and O–H groups in total. The second-order valence-electron chi connectivity index (χ2n) is 4.13. The standard InChI is InChI=1S/C10H11Cl3O/c1-10(2,3)5-4-6(11)9(14)8(13)7(5)12/h4,14H,1-3H3. The Morgan fingerprint density at radius 2 is 1.57 bits per heavy atom. The largest absolute Gasteiger partial charge is 0.505 e. The average Bonchev–Trinajstić information content (AvgIpc) is 2.06. The summed E-state index contributed by atoms with van der Waals surface area (Å²) in [4.78, 5) is 0. The number of phenols is 1. The van der Waals surface area contributed by atoms with Gasteiger partial charge in [-0.05, 0) is 17.0 Å². The molecule has 0 bridgehead atoms. The Kier molecular flexibility index (Phi) is 3.25. The topological polar surface area (TPSA) is 20.2 Å². The average molecular weight is 254 g/mol. The van der Waals surface area contributed by atoms with Crippen LogP contribution in [0.3, 0.4) is 0 Å². The van der Waals surface area contributed by atoms with Gasteiger partial charge in [-0.25, -0.2) is 0 Å². The Labute approximate surface area is 98.6 Å². The molecule has 0 spiro atoms. The molecule has 0 aromatic heterocycles. The van der Waals surface area contributed by atoms with Crippen molar-refractivity contribution in [2.45, 2.75) is 26.2 Å². The molecular formula is C10H11Cl3O. The van der Waals surface area contributed by atoms with E-state index in [9.17, 15) is 5.11 Å². The Bertz CT molecular complexity index is 367. The van der Waals surface area contributed by atoms with Gasteiger partial charge in [-0.3, -0.25) is 0 Å². The fraction of sp³-hybridized carbons (Fsp3) is 0.400. The number of hydrogen-bond acceptors (Lipinski definition) is 1. The normalized spacial score (nSPS) is 11.9. The Hall–Kier alpha value is -0.110. The number of phenolic OH excluding ortho intramolecular Hbond substituents is 1. The van der Waals surface area contributed by atoms with Crippen molar-refractivity contribution in [2.24, 2.45) is 0 Å². The fourth-order valence-corrected chi connectivity index (χ4v) is 2.01. The first-order valence-corrected chi connectivity index (χ1v) is 5.25. The quantitative estimate of drug-likeness (QED) is 0.667. The molecule has 4 heteroatoms. The van der Waals surface area contributed by atoms with Crippen LogP contribution in [0.1, 0.15) is 26.3 Å². The minimum absolute atomic E-state index is 0.115. The van der Waals surface area contributed by atoms with Gasteiger partial charge in [-0.2, -0.15) is 0 Å². The summed E-state index contributed by atoms with van der Waals surface area (Å²) in [5, 5.41) is 10.1. The smallest absolute Gasteiger partial charge is 0.154 e. The van der Waals surface area contributed by atoms with Crippen molar-refractivity contribution in [2.75, 3.05) is 0 Å². The molecule has 1 aromatic carbocycles. The summed E-state index contributed by atoms with van der Waals surface area (Å²) in [6.45, 7) is 5.99. The van der Waals surface area contributed by atoms with Crippen molar-refractivity contribution in [3.8, 4) is 5.75 Å². The minimum atomic E-state index is -0.161. The maximum absolute atomic E-state index is 9.43. The molecule has 0 unspecified atom stereocenters. The van der Waals surface area contributed by atoms with E-state index in [-0.39, 0.29) is 21.2 Å². The predicted molar refractivity (Wildman–Crippen MR) is 61.8 cm³/mol. The molecule has 78 valence electrons. The molecule has 0 heterocycles. The zero-order valence-corrected chi connectivity index (χ0v) is 10.4. The SMILES string of the molecule is CC(C)(C)c1cc(Cl)c(O)c(Cl)c1Cl. The lowest BCUT2D eigenvalue weighted by Gasteiger charge is -2.22. The van der Waals surface area contributed by atoms with Crippen LogP contribution >= 0.6 is 34.8 Å².